The van der Waals surface area contributed by atoms with Gasteiger partial charge in [-0.15, -0.1) is 0 Å². The van der Waals surface area contributed by atoms with Crippen LogP contribution in [-0.4, -0.2) is 34.5 Å². The van der Waals surface area contributed by atoms with Crippen molar-refractivity contribution in [3.05, 3.63) is 70.8 Å². The summed E-state index contributed by atoms with van der Waals surface area (Å²) >= 11 is 0. The molecule has 10 heteroatoms. The lowest BCUT2D eigenvalue weighted by Gasteiger charge is -2.09. The number of sulfone groups is 1. The van der Waals surface area contributed by atoms with Crippen molar-refractivity contribution in [2.24, 2.45) is 18.5 Å². The van der Waals surface area contributed by atoms with E-state index in [-0.39, 0.29) is 5.43 Å². The third kappa shape index (κ3) is 3.90. The summed E-state index contributed by atoms with van der Waals surface area (Å²) in [7, 11) is -2.22. The van der Waals surface area contributed by atoms with Gasteiger partial charge in [-0.1, -0.05) is 18.2 Å². The first-order valence-electron chi connectivity index (χ1n) is 9.27. The SMILES string of the molecule is Cn1cc(-c2cnc3ccc4ccc(CS(=O)(=O)C(N)C(N)=O)cc4c(=O)c3c2)cn1. The maximum Gasteiger partial charge on any atom is 0.250 e. The molecule has 1 amide bonds. The molecule has 0 aliphatic rings. The molecule has 158 valence electrons. The number of amides is 1. The van der Waals surface area contributed by atoms with E-state index in [1.54, 1.807) is 54.5 Å². The van der Waals surface area contributed by atoms with Crippen molar-refractivity contribution in [2.75, 3.05) is 0 Å². The first kappa shape index (κ1) is 20.6. The minimum Gasteiger partial charge on any atom is -0.367 e. The average Bonchev–Trinajstić information content (AvgIpc) is 3.12. The Labute approximate surface area is 177 Å². The van der Waals surface area contributed by atoms with Gasteiger partial charge < -0.3 is 11.5 Å². The zero-order chi connectivity index (χ0) is 22.3. The van der Waals surface area contributed by atoms with Crippen LogP contribution in [-0.2, 0) is 27.4 Å². The summed E-state index contributed by atoms with van der Waals surface area (Å²) in [5.74, 6) is -1.64. The van der Waals surface area contributed by atoms with E-state index >= 15 is 0 Å². The zero-order valence-electron chi connectivity index (χ0n) is 16.5. The number of pyridine rings is 1. The Bertz CT molecular complexity index is 1510. The number of nitrogens with two attached hydrogens (primary N) is 2. The molecule has 2 aromatic heterocycles. The fourth-order valence-corrected chi connectivity index (χ4v) is 4.54. The molecular formula is C21H19N5O4S. The third-order valence-corrected chi connectivity index (χ3v) is 6.76. The van der Waals surface area contributed by atoms with Gasteiger partial charge in [0, 0.05) is 41.3 Å². The molecule has 9 nitrogen and oxygen atoms in total. The molecule has 0 saturated carbocycles. The number of primary amides is 1. The van der Waals surface area contributed by atoms with Gasteiger partial charge in [-0.2, -0.15) is 5.10 Å². The highest BCUT2D eigenvalue weighted by Gasteiger charge is 2.27. The normalized spacial score (nSPS) is 12.8. The van der Waals surface area contributed by atoms with Crippen LogP contribution in [0.4, 0.5) is 0 Å². The Morgan fingerprint density at radius 1 is 1.10 bits per heavy atom. The van der Waals surface area contributed by atoms with E-state index < -0.39 is 26.9 Å². The van der Waals surface area contributed by atoms with Gasteiger partial charge in [0.2, 0.25) is 5.91 Å². The minimum absolute atomic E-state index is 0.285. The van der Waals surface area contributed by atoms with Crippen LogP contribution >= 0.6 is 0 Å². The fraction of sp³-hybridized carbons (Fsp3) is 0.143. The largest absolute Gasteiger partial charge is 0.367 e. The van der Waals surface area contributed by atoms with Gasteiger partial charge >= 0.3 is 0 Å². The first-order valence-corrected chi connectivity index (χ1v) is 11.0. The molecule has 0 spiro atoms. The molecule has 2 heterocycles. The van der Waals surface area contributed by atoms with Crippen LogP contribution in [0.25, 0.3) is 32.8 Å². The Morgan fingerprint density at radius 2 is 1.84 bits per heavy atom. The molecule has 0 radical (unpaired) electrons. The second kappa shape index (κ2) is 7.56. The standard InChI is InChI=1S/C21H19N5O4S/c1-26-10-15(9-25-26)14-7-17-18(24-8-14)5-4-13-3-2-12(6-16(13)19(17)27)11-31(29,30)21(23)20(22)28/h2-10,21H,11,23H2,1H3,(H2,22,28). The summed E-state index contributed by atoms with van der Waals surface area (Å²) < 4.78 is 26.3. The lowest BCUT2D eigenvalue weighted by Crippen LogP contribution is -2.43. The van der Waals surface area contributed by atoms with Crippen LogP contribution < -0.4 is 16.9 Å². The summed E-state index contributed by atoms with van der Waals surface area (Å²) in [5.41, 5.74) is 12.6. The van der Waals surface area contributed by atoms with E-state index in [4.69, 9.17) is 11.5 Å². The summed E-state index contributed by atoms with van der Waals surface area (Å²) in [5, 5.41) is 3.69. The number of carbonyl (C=O) groups excluding carboxylic acids is 1. The van der Waals surface area contributed by atoms with E-state index in [1.807, 2.05) is 6.20 Å². The Hall–Kier alpha value is -3.63. The number of hydrogen-bond acceptors (Lipinski definition) is 7. The van der Waals surface area contributed by atoms with Gasteiger partial charge in [0.05, 0.1) is 17.5 Å². The molecular weight excluding hydrogens is 418 g/mol. The monoisotopic (exact) mass is 437 g/mol. The number of rotatable bonds is 5. The minimum atomic E-state index is -4.01. The summed E-state index contributed by atoms with van der Waals surface area (Å²) in [6, 6.07) is 9.96. The van der Waals surface area contributed by atoms with Gasteiger partial charge in [-0.05, 0) is 29.1 Å². The quantitative estimate of drug-likeness (QED) is 0.469. The predicted molar refractivity (Wildman–Crippen MR) is 118 cm³/mol. The molecule has 4 rings (SSSR count). The van der Waals surface area contributed by atoms with Gasteiger partial charge in [0.1, 0.15) is 0 Å². The maximum atomic E-state index is 13.3. The van der Waals surface area contributed by atoms with Crippen molar-refractivity contribution in [2.45, 2.75) is 11.1 Å². The molecule has 4 N–H and O–H groups in total. The van der Waals surface area contributed by atoms with Gasteiger partial charge in [-0.3, -0.25) is 19.3 Å². The van der Waals surface area contributed by atoms with E-state index in [0.29, 0.717) is 27.2 Å². The summed E-state index contributed by atoms with van der Waals surface area (Å²) in [6.45, 7) is 0. The first-order chi connectivity index (χ1) is 14.7. The smallest absolute Gasteiger partial charge is 0.250 e. The number of carbonyl (C=O) groups is 1. The second-order valence-electron chi connectivity index (χ2n) is 7.27. The van der Waals surface area contributed by atoms with Crippen LogP contribution in [0.3, 0.4) is 0 Å². The van der Waals surface area contributed by atoms with E-state index in [1.165, 1.54) is 6.07 Å². The molecule has 0 fully saturated rings. The van der Waals surface area contributed by atoms with Crippen LogP contribution in [0, 0.1) is 0 Å². The average molecular weight is 437 g/mol. The molecule has 0 aliphatic carbocycles. The maximum absolute atomic E-state index is 13.3. The topological polar surface area (TPSA) is 151 Å². The molecule has 2 aromatic carbocycles. The fourth-order valence-electron chi connectivity index (χ4n) is 3.37. The molecule has 1 unspecified atom stereocenters. The van der Waals surface area contributed by atoms with Gasteiger partial charge in [0.25, 0.3) is 0 Å². The number of nitrogens with zero attached hydrogens (tertiary/aromatic N) is 3. The third-order valence-electron chi connectivity index (χ3n) is 5.02. The number of hydrogen-bond donors (Lipinski definition) is 2. The highest BCUT2D eigenvalue weighted by Crippen LogP contribution is 2.22. The molecule has 1 atom stereocenters. The number of fused-ring (bicyclic) bond motifs is 2. The van der Waals surface area contributed by atoms with Crippen molar-refractivity contribution >= 4 is 37.4 Å². The summed E-state index contributed by atoms with van der Waals surface area (Å²) in [4.78, 5) is 28.9. The van der Waals surface area contributed by atoms with Crippen LogP contribution in [0.1, 0.15) is 5.56 Å². The highest BCUT2D eigenvalue weighted by atomic mass is 32.2. The molecule has 0 saturated heterocycles. The van der Waals surface area contributed by atoms with Crippen LogP contribution in [0.2, 0.25) is 0 Å². The highest BCUT2D eigenvalue weighted by molar-refractivity contribution is 7.91. The van der Waals surface area contributed by atoms with E-state index in [0.717, 1.165) is 11.1 Å². The number of benzene rings is 1. The van der Waals surface area contributed by atoms with Crippen LogP contribution in [0.5, 0.6) is 0 Å². The van der Waals surface area contributed by atoms with E-state index in [9.17, 15) is 18.0 Å². The lowest BCUT2D eigenvalue weighted by atomic mass is 10.1. The van der Waals surface area contributed by atoms with Crippen molar-refractivity contribution < 1.29 is 13.2 Å². The van der Waals surface area contributed by atoms with Crippen LogP contribution in [0.15, 0.2) is 59.8 Å². The molecule has 31 heavy (non-hydrogen) atoms. The Morgan fingerprint density at radius 3 is 2.52 bits per heavy atom. The molecule has 0 bridgehead atoms. The molecule has 0 aliphatic heterocycles. The van der Waals surface area contributed by atoms with Crippen molar-refractivity contribution in [3.8, 4) is 11.1 Å². The zero-order valence-corrected chi connectivity index (χ0v) is 17.3. The van der Waals surface area contributed by atoms with Crippen molar-refractivity contribution in [3.63, 3.8) is 0 Å². The Balaban J connectivity index is 1.88. The predicted octanol–water partition coefficient (Wildman–Crippen LogP) is 0.834. The number of aryl methyl sites for hydroxylation is 1. The number of aromatic nitrogens is 3. The lowest BCUT2D eigenvalue weighted by molar-refractivity contribution is -0.117. The van der Waals surface area contributed by atoms with Gasteiger partial charge in [-0.25, -0.2) is 8.42 Å². The van der Waals surface area contributed by atoms with E-state index in [2.05, 4.69) is 10.1 Å². The van der Waals surface area contributed by atoms with Crippen molar-refractivity contribution in [1.29, 1.82) is 0 Å². The molecule has 4 aromatic rings. The van der Waals surface area contributed by atoms with Gasteiger partial charge in [0.15, 0.2) is 20.6 Å². The van der Waals surface area contributed by atoms with Crippen molar-refractivity contribution in [1.82, 2.24) is 14.8 Å². The Kier molecular flexibility index (Phi) is 5.03. The second-order valence-corrected chi connectivity index (χ2v) is 9.40. The summed E-state index contributed by atoms with van der Waals surface area (Å²) in [6.07, 6.45) is 5.17.